The summed E-state index contributed by atoms with van der Waals surface area (Å²) in [5.74, 6) is 1.33. The topological polar surface area (TPSA) is 41.9 Å². The van der Waals surface area contributed by atoms with E-state index in [1.165, 1.54) is 16.7 Å². The van der Waals surface area contributed by atoms with Crippen LogP contribution in [0.2, 0.25) is 0 Å². The Hall–Kier alpha value is -1.88. The maximum Gasteiger partial charge on any atom is 0.118 e. The number of nitrogens with zero attached hydrogens (tertiary/aromatic N) is 1. The third-order valence-corrected chi connectivity index (χ3v) is 4.28. The SMILES string of the molecule is COc1ccc(CN(Cc2cccc(C)c2)C[C@@H](O)COCC(C)C)cc1. The van der Waals surface area contributed by atoms with E-state index in [4.69, 9.17) is 9.47 Å². The molecule has 2 aromatic carbocycles. The monoisotopic (exact) mass is 371 g/mol. The van der Waals surface area contributed by atoms with Crippen molar-refractivity contribution in [3.8, 4) is 5.75 Å². The fourth-order valence-corrected chi connectivity index (χ4v) is 3.03. The predicted molar refractivity (Wildman–Crippen MR) is 110 cm³/mol. The minimum absolute atomic E-state index is 0.366. The number of ether oxygens (including phenoxy) is 2. The van der Waals surface area contributed by atoms with Crippen LogP contribution in [0.15, 0.2) is 48.5 Å². The van der Waals surface area contributed by atoms with Gasteiger partial charge in [-0.2, -0.15) is 0 Å². The van der Waals surface area contributed by atoms with Crippen molar-refractivity contribution in [1.82, 2.24) is 4.90 Å². The first-order chi connectivity index (χ1) is 13.0. The average Bonchev–Trinajstić information content (AvgIpc) is 2.62. The molecule has 0 fully saturated rings. The summed E-state index contributed by atoms with van der Waals surface area (Å²) < 4.78 is 10.9. The first-order valence-corrected chi connectivity index (χ1v) is 9.63. The van der Waals surface area contributed by atoms with Crippen LogP contribution in [0.1, 0.15) is 30.5 Å². The molecule has 4 nitrogen and oxygen atoms in total. The summed E-state index contributed by atoms with van der Waals surface area (Å²) in [5, 5.41) is 10.4. The van der Waals surface area contributed by atoms with E-state index in [1.54, 1.807) is 7.11 Å². The van der Waals surface area contributed by atoms with E-state index in [0.717, 1.165) is 18.8 Å². The van der Waals surface area contributed by atoms with Crippen LogP contribution < -0.4 is 4.74 Å². The van der Waals surface area contributed by atoms with Crippen molar-refractivity contribution < 1.29 is 14.6 Å². The van der Waals surface area contributed by atoms with Gasteiger partial charge in [0, 0.05) is 26.2 Å². The Morgan fingerprint density at radius 2 is 1.67 bits per heavy atom. The molecule has 2 rings (SSSR count). The Morgan fingerprint density at radius 3 is 2.30 bits per heavy atom. The zero-order valence-electron chi connectivity index (χ0n) is 17.0. The van der Waals surface area contributed by atoms with Gasteiger partial charge in [-0.25, -0.2) is 0 Å². The van der Waals surface area contributed by atoms with Gasteiger partial charge in [0.1, 0.15) is 5.75 Å². The van der Waals surface area contributed by atoms with Crippen molar-refractivity contribution in [2.45, 2.75) is 40.0 Å². The van der Waals surface area contributed by atoms with Crippen molar-refractivity contribution >= 4 is 0 Å². The van der Waals surface area contributed by atoms with Crippen molar-refractivity contribution in [2.24, 2.45) is 5.92 Å². The Labute approximate surface area is 163 Å². The minimum atomic E-state index is -0.508. The van der Waals surface area contributed by atoms with Gasteiger partial charge in [0.25, 0.3) is 0 Å². The quantitative estimate of drug-likeness (QED) is 0.647. The van der Waals surface area contributed by atoms with E-state index in [0.29, 0.717) is 25.7 Å². The van der Waals surface area contributed by atoms with Crippen LogP contribution in [0, 0.1) is 12.8 Å². The summed E-state index contributed by atoms with van der Waals surface area (Å²) >= 11 is 0. The molecule has 0 aliphatic rings. The fraction of sp³-hybridized carbons (Fsp3) is 0.478. The zero-order chi connectivity index (χ0) is 19.6. The van der Waals surface area contributed by atoms with Gasteiger partial charge in [0.15, 0.2) is 0 Å². The minimum Gasteiger partial charge on any atom is -0.497 e. The molecule has 0 aromatic heterocycles. The molecule has 0 unspecified atom stereocenters. The molecular formula is C23H33NO3. The maximum atomic E-state index is 10.4. The smallest absolute Gasteiger partial charge is 0.118 e. The molecule has 1 N–H and O–H groups in total. The van der Waals surface area contributed by atoms with Crippen molar-refractivity contribution in [3.05, 3.63) is 65.2 Å². The second-order valence-electron chi connectivity index (χ2n) is 7.59. The van der Waals surface area contributed by atoms with Crippen LogP contribution in [-0.4, -0.2) is 43.0 Å². The highest BCUT2D eigenvalue weighted by molar-refractivity contribution is 5.27. The summed E-state index contributed by atoms with van der Waals surface area (Å²) in [6, 6.07) is 16.6. The highest BCUT2D eigenvalue weighted by atomic mass is 16.5. The van der Waals surface area contributed by atoms with E-state index in [-0.39, 0.29) is 0 Å². The van der Waals surface area contributed by atoms with Crippen LogP contribution in [-0.2, 0) is 17.8 Å². The molecule has 0 aliphatic carbocycles. The summed E-state index contributed by atoms with van der Waals surface area (Å²) in [4.78, 5) is 2.26. The molecule has 27 heavy (non-hydrogen) atoms. The zero-order valence-corrected chi connectivity index (χ0v) is 17.0. The Bertz CT molecular complexity index is 670. The molecule has 2 aromatic rings. The van der Waals surface area contributed by atoms with Crippen molar-refractivity contribution in [1.29, 1.82) is 0 Å². The first kappa shape index (κ1) is 21.4. The number of rotatable bonds is 11. The lowest BCUT2D eigenvalue weighted by Gasteiger charge is -2.26. The van der Waals surface area contributed by atoms with Crippen LogP contribution in [0.4, 0.5) is 0 Å². The van der Waals surface area contributed by atoms with E-state index in [1.807, 2.05) is 12.1 Å². The normalized spacial score (nSPS) is 12.6. The summed E-state index contributed by atoms with van der Waals surface area (Å²) in [6.07, 6.45) is -0.508. The number of benzene rings is 2. The molecule has 148 valence electrons. The molecule has 0 bridgehead atoms. The van der Waals surface area contributed by atoms with Crippen LogP contribution in [0.5, 0.6) is 5.75 Å². The molecular weight excluding hydrogens is 338 g/mol. The Balaban J connectivity index is 2.02. The standard InChI is InChI=1S/C23H33NO3/c1-18(2)16-27-17-22(25)15-24(14-21-7-5-6-19(3)12-21)13-20-8-10-23(26-4)11-9-20/h5-12,18,22,25H,13-17H2,1-4H3/t22-/m1/s1. The second kappa shape index (κ2) is 11.1. The molecule has 0 amide bonds. The van der Waals surface area contributed by atoms with E-state index in [9.17, 15) is 5.11 Å². The first-order valence-electron chi connectivity index (χ1n) is 9.63. The summed E-state index contributed by atoms with van der Waals surface area (Å²) in [6.45, 7) is 9.48. The molecule has 0 aliphatic heterocycles. The van der Waals surface area contributed by atoms with Gasteiger partial charge in [0.05, 0.1) is 19.8 Å². The molecule has 1 atom stereocenters. The van der Waals surface area contributed by atoms with E-state index in [2.05, 4.69) is 62.1 Å². The van der Waals surface area contributed by atoms with E-state index < -0.39 is 6.10 Å². The van der Waals surface area contributed by atoms with Gasteiger partial charge in [0.2, 0.25) is 0 Å². The van der Waals surface area contributed by atoms with Crippen molar-refractivity contribution in [3.63, 3.8) is 0 Å². The number of aryl methyl sites for hydroxylation is 1. The predicted octanol–water partition coefficient (Wildman–Crippen LogP) is 4.04. The largest absolute Gasteiger partial charge is 0.497 e. The van der Waals surface area contributed by atoms with Crippen LogP contribution in [0.3, 0.4) is 0 Å². The molecule has 0 saturated heterocycles. The number of hydrogen-bond donors (Lipinski definition) is 1. The molecule has 0 spiro atoms. The van der Waals surface area contributed by atoms with Crippen molar-refractivity contribution in [2.75, 3.05) is 26.9 Å². The van der Waals surface area contributed by atoms with Gasteiger partial charge in [-0.05, 0) is 36.1 Å². The van der Waals surface area contributed by atoms with Crippen LogP contribution in [0.25, 0.3) is 0 Å². The van der Waals surface area contributed by atoms with E-state index >= 15 is 0 Å². The fourth-order valence-electron chi connectivity index (χ4n) is 3.03. The highest BCUT2D eigenvalue weighted by Gasteiger charge is 2.14. The Morgan fingerprint density at radius 1 is 0.963 bits per heavy atom. The summed E-state index contributed by atoms with van der Waals surface area (Å²) in [5.41, 5.74) is 3.69. The molecule has 0 saturated carbocycles. The second-order valence-corrected chi connectivity index (χ2v) is 7.59. The molecule has 4 heteroatoms. The van der Waals surface area contributed by atoms with Gasteiger partial charge in [-0.3, -0.25) is 4.90 Å². The number of aliphatic hydroxyl groups is 1. The van der Waals surface area contributed by atoms with Gasteiger partial charge >= 0.3 is 0 Å². The van der Waals surface area contributed by atoms with Crippen LogP contribution >= 0.6 is 0 Å². The van der Waals surface area contributed by atoms with Gasteiger partial charge in [-0.1, -0.05) is 55.8 Å². The lowest BCUT2D eigenvalue weighted by Crippen LogP contribution is -2.34. The number of methoxy groups -OCH3 is 1. The maximum absolute atomic E-state index is 10.4. The number of hydrogen-bond acceptors (Lipinski definition) is 4. The highest BCUT2D eigenvalue weighted by Crippen LogP contribution is 2.16. The third kappa shape index (κ3) is 8.12. The average molecular weight is 372 g/mol. The molecule has 0 heterocycles. The number of aliphatic hydroxyl groups excluding tert-OH is 1. The lowest BCUT2D eigenvalue weighted by molar-refractivity contribution is 0.00554. The third-order valence-electron chi connectivity index (χ3n) is 4.28. The molecule has 0 radical (unpaired) electrons. The lowest BCUT2D eigenvalue weighted by atomic mass is 10.1. The summed E-state index contributed by atoms with van der Waals surface area (Å²) in [7, 11) is 1.67. The van der Waals surface area contributed by atoms with Gasteiger partial charge in [-0.15, -0.1) is 0 Å². The van der Waals surface area contributed by atoms with Gasteiger partial charge < -0.3 is 14.6 Å². The Kier molecular flexibility index (Phi) is 8.79.